The van der Waals surface area contributed by atoms with Gasteiger partial charge >= 0.3 is 0 Å². The summed E-state index contributed by atoms with van der Waals surface area (Å²) in [5.74, 6) is -4.04. The molecule has 18 heteroatoms. The minimum Gasteiger partial charge on any atom is -0.810 e. The van der Waals surface area contributed by atoms with Crippen molar-refractivity contribution in [3.63, 3.8) is 0 Å². The van der Waals surface area contributed by atoms with Crippen LogP contribution in [-0.4, -0.2) is 174 Å². The lowest BCUT2D eigenvalue weighted by atomic mass is 10.2. The Morgan fingerprint density at radius 3 is 1.33 bits per heavy atom. The average Bonchev–Trinajstić information content (AvgIpc) is 2.78. The van der Waals surface area contributed by atoms with Crippen LogP contribution in [0.25, 0.3) is 0 Å². The number of hydrogen-bond donors (Lipinski definition) is 3. The number of carbonyl (C=O) groups excluding carboxylic acids is 3. The molecule has 1 aliphatic rings. The van der Waals surface area contributed by atoms with Crippen molar-refractivity contribution >= 4 is 25.5 Å². The largest absolute Gasteiger partial charge is 0.810 e. The third-order valence-electron chi connectivity index (χ3n) is 5.98. The summed E-state index contributed by atoms with van der Waals surface area (Å²) < 4.78 is 11.3. The molecule has 0 radical (unpaired) electrons. The van der Waals surface area contributed by atoms with E-state index in [0.29, 0.717) is 0 Å². The Bertz CT molecular complexity index is 786. The van der Waals surface area contributed by atoms with E-state index in [1.165, 1.54) is 14.7 Å². The number of carboxylic acid groups (broad SMARTS) is 3. The highest BCUT2D eigenvalue weighted by Gasteiger charge is 2.21. The van der Waals surface area contributed by atoms with Gasteiger partial charge in [-0.25, -0.2) is 0 Å². The van der Waals surface area contributed by atoms with Gasteiger partial charge in [0.25, 0.3) is 0 Å². The average molecular weight is 583 g/mol. The predicted octanol–water partition coefficient (Wildman–Crippen LogP) is -9.66. The van der Waals surface area contributed by atoms with Gasteiger partial charge in [-0.3, -0.25) is 24.5 Å². The third kappa shape index (κ3) is 17.5. The fourth-order valence-electron chi connectivity index (χ4n) is 4.23. The molecule has 1 aliphatic heterocycles. The van der Waals surface area contributed by atoms with Crippen LogP contribution in [0.2, 0.25) is 0 Å². The number of rotatable bonds is 15. The van der Waals surface area contributed by atoms with Crippen LogP contribution >= 0.6 is 7.60 Å². The van der Waals surface area contributed by atoms with E-state index in [0.717, 1.165) is 4.90 Å². The van der Waals surface area contributed by atoms with Crippen LogP contribution in [-0.2, 0) is 18.9 Å². The van der Waals surface area contributed by atoms with Gasteiger partial charge in [0.05, 0.1) is 36.7 Å². The van der Waals surface area contributed by atoms with Crippen LogP contribution in [0.15, 0.2) is 0 Å². The molecule has 0 aliphatic carbocycles. The first-order valence-corrected chi connectivity index (χ1v) is 14.1. The molecular weight excluding hydrogens is 545 g/mol. The lowest BCUT2D eigenvalue weighted by molar-refractivity contribution is -0.316. The van der Waals surface area contributed by atoms with Gasteiger partial charge in [-0.05, 0) is 0 Å². The first-order valence-electron chi connectivity index (χ1n) is 12.4. The quantitative estimate of drug-likeness (QED) is 0.151. The summed E-state index contributed by atoms with van der Waals surface area (Å²) in [6, 6.07) is 0. The predicted molar refractivity (Wildman–Crippen MR) is 124 cm³/mol. The minimum atomic E-state index is -5.05. The van der Waals surface area contributed by atoms with E-state index in [1.807, 2.05) is 0 Å². The molecule has 0 aromatic carbocycles. The summed E-state index contributed by atoms with van der Waals surface area (Å²) in [5.41, 5.74) is 0. The standard InChI is InChI=1S/C21H42N5O12P/c27-15-18(29)11-26(16-39(36,37)38)10-17(28)9-22-1-3-23(12-19(30)31)5-7-25(14-21(34)35)8-6-24(4-2-22)13-20(32)33/h17-18,27-29H,1-16H2,(H,30,31)(H,32,33)(H,34,35)(H2,36,37,38)/p-5. The molecule has 228 valence electrons. The van der Waals surface area contributed by atoms with Gasteiger partial charge in [0.2, 0.25) is 0 Å². The molecular formula is C21H37N5O12P-5. The van der Waals surface area contributed by atoms with Crippen molar-refractivity contribution in [1.29, 1.82) is 0 Å². The highest BCUT2D eigenvalue weighted by atomic mass is 31.2. The van der Waals surface area contributed by atoms with E-state index in [2.05, 4.69) is 0 Å². The van der Waals surface area contributed by atoms with Gasteiger partial charge < -0.3 is 59.4 Å². The monoisotopic (exact) mass is 582 g/mol. The summed E-state index contributed by atoms with van der Waals surface area (Å²) in [4.78, 5) is 63.4. The maximum absolute atomic E-state index is 11.3. The lowest BCUT2D eigenvalue weighted by Gasteiger charge is -2.38. The number of carbonyl (C=O) groups is 3. The molecule has 0 saturated carbocycles. The van der Waals surface area contributed by atoms with Crippen molar-refractivity contribution < 1.29 is 59.4 Å². The third-order valence-corrected chi connectivity index (χ3v) is 6.73. The number of aliphatic hydroxyl groups is 3. The molecule has 2 atom stereocenters. The molecule has 1 saturated heterocycles. The first kappa shape index (κ1) is 35.3. The zero-order valence-electron chi connectivity index (χ0n) is 21.7. The fourth-order valence-corrected chi connectivity index (χ4v) is 4.95. The zero-order valence-corrected chi connectivity index (χ0v) is 22.6. The van der Waals surface area contributed by atoms with Crippen molar-refractivity contribution in [3.05, 3.63) is 0 Å². The number of aliphatic hydroxyl groups excluding tert-OH is 3. The van der Waals surface area contributed by atoms with Gasteiger partial charge in [-0.1, -0.05) is 7.60 Å². The SMILES string of the molecule is O=C([O-])CN1CCN(CC(=O)[O-])CCN(CC(O)CN(CC(O)CO)CP(=O)([O-])[O-])CCN(CC(=O)[O-])CC1. The van der Waals surface area contributed by atoms with Crippen LogP contribution < -0.4 is 25.1 Å². The lowest BCUT2D eigenvalue weighted by Crippen LogP contribution is -2.52. The molecule has 0 aromatic rings. The van der Waals surface area contributed by atoms with E-state index in [-0.39, 0.29) is 72.0 Å². The number of aliphatic carboxylic acids is 3. The van der Waals surface area contributed by atoms with E-state index >= 15 is 0 Å². The van der Waals surface area contributed by atoms with Gasteiger partial charge in [-0.2, -0.15) is 0 Å². The molecule has 0 bridgehead atoms. The molecule has 0 amide bonds. The molecule has 0 aromatic heterocycles. The van der Waals surface area contributed by atoms with Gasteiger partial charge in [0, 0.05) is 97.9 Å². The molecule has 2 unspecified atom stereocenters. The van der Waals surface area contributed by atoms with Crippen LogP contribution in [0.1, 0.15) is 0 Å². The second-order valence-electron chi connectivity index (χ2n) is 9.52. The van der Waals surface area contributed by atoms with E-state index < -0.39 is 70.2 Å². The molecule has 17 nitrogen and oxygen atoms in total. The second-order valence-corrected chi connectivity index (χ2v) is 11.0. The zero-order chi connectivity index (χ0) is 29.6. The normalized spacial score (nSPS) is 19.7. The number of β-amino-alcohol motifs (C(OH)–C–C–N with tert-alkyl or cyclic N) is 1. The van der Waals surface area contributed by atoms with Crippen LogP contribution in [0.3, 0.4) is 0 Å². The van der Waals surface area contributed by atoms with Gasteiger partial charge in [-0.15, -0.1) is 0 Å². The summed E-state index contributed by atoms with van der Waals surface area (Å²) in [6.07, 6.45) is -3.57. The van der Waals surface area contributed by atoms with E-state index in [4.69, 9.17) is 5.11 Å². The fraction of sp³-hybridized carbons (Fsp3) is 0.857. The Balaban J connectivity index is 3.02. The Morgan fingerprint density at radius 1 is 0.692 bits per heavy atom. The van der Waals surface area contributed by atoms with Crippen LogP contribution in [0.5, 0.6) is 0 Å². The summed E-state index contributed by atoms with van der Waals surface area (Å²) in [5, 5.41) is 63.0. The second kappa shape index (κ2) is 17.8. The van der Waals surface area contributed by atoms with Gasteiger partial charge in [0.1, 0.15) is 0 Å². The van der Waals surface area contributed by atoms with Crippen molar-refractivity contribution in [2.24, 2.45) is 0 Å². The summed E-state index contributed by atoms with van der Waals surface area (Å²) >= 11 is 0. The number of hydrogen-bond acceptors (Lipinski definition) is 17. The smallest absolute Gasteiger partial charge is 0.0897 e. The summed E-state index contributed by atoms with van der Waals surface area (Å²) in [7, 11) is -5.05. The van der Waals surface area contributed by atoms with Crippen LogP contribution in [0, 0.1) is 0 Å². The molecule has 1 rings (SSSR count). The molecule has 3 N–H and O–H groups in total. The Labute approximate surface area is 226 Å². The van der Waals surface area contributed by atoms with Crippen LogP contribution in [0.4, 0.5) is 0 Å². The Kier molecular flexibility index (Phi) is 16.1. The molecule has 1 fully saturated rings. The summed E-state index contributed by atoms with van der Waals surface area (Å²) in [6.45, 7) is -1.54. The molecule has 1 heterocycles. The highest BCUT2D eigenvalue weighted by Crippen LogP contribution is 2.24. The van der Waals surface area contributed by atoms with Crippen molar-refractivity contribution in [3.8, 4) is 0 Å². The molecule has 0 spiro atoms. The first-order chi connectivity index (χ1) is 18.2. The van der Waals surface area contributed by atoms with Crippen molar-refractivity contribution in [1.82, 2.24) is 24.5 Å². The molecule has 39 heavy (non-hydrogen) atoms. The van der Waals surface area contributed by atoms with E-state index in [9.17, 15) is 54.3 Å². The highest BCUT2D eigenvalue weighted by molar-refractivity contribution is 7.48. The van der Waals surface area contributed by atoms with E-state index in [1.54, 1.807) is 4.90 Å². The maximum atomic E-state index is 11.3. The number of carboxylic acids is 3. The van der Waals surface area contributed by atoms with Gasteiger partial charge in [0.15, 0.2) is 0 Å². The maximum Gasteiger partial charge on any atom is 0.0897 e. The topological polar surface area (TPSA) is 260 Å². The Hall–Kier alpha value is -1.76. The number of nitrogens with zero attached hydrogens (tertiary/aromatic N) is 5. The van der Waals surface area contributed by atoms with Crippen molar-refractivity contribution in [2.75, 3.05) is 105 Å². The Morgan fingerprint density at radius 2 is 1.03 bits per heavy atom. The van der Waals surface area contributed by atoms with Crippen molar-refractivity contribution in [2.45, 2.75) is 12.2 Å². The minimum absolute atomic E-state index is 0.0805.